The van der Waals surface area contributed by atoms with Crippen molar-refractivity contribution in [3.8, 4) is 0 Å². The number of aliphatic hydroxyl groups is 3. The lowest BCUT2D eigenvalue weighted by molar-refractivity contribution is -0.307. The molecular weight excluding hydrogens is 422 g/mol. The summed E-state index contributed by atoms with van der Waals surface area (Å²) in [4.78, 5) is 0. The van der Waals surface area contributed by atoms with Crippen LogP contribution in [-0.4, -0.2) is 108 Å². The standard InChI is InChI=1S/C20H41N5O7/c1-8(21)12-5-4-9(22)18(30-12)31-15-10(23)6-11(24)16(13(15)26)32-19-14(27)17(25-3)20(2,28)7-29-19/h8-19,25-28H,4-7,21-24H2,1-3H3/t8-,9?,10?,11?,12?,13?,14?,15?,16?,17?,18?,19?,20?/m1/s1. The number of hydrogen-bond donors (Lipinski definition) is 8. The van der Waals surface area contributed by atoms with Gasteiger partial charge in [0, 0.05) is 18.1 Å². The number of nitrogens with one attached hydrogen (secondary N) is 1. The molecule has 1 saturated carbocycles. The summed E-state index contributed by atoms with van der Waals surface area (Å²) < 4.78 is 23.4. The first-order valence-corrected chi connectivity index (χ1v) is 11.3. The van der Waals surface area contributed by atoms with Crippen molar-refractivity contribution in [3.63, 3.8) is 0 Å². The summed E-state index contributed by atoms with van der Waals surface area (Å²) in [6.07, 6.45) is -4.58. The van der Waals surface area contributed by atoms with Crippen LogP contribution in [0.25, 0.3) is 0 Å². The van der Waals surface area contributed by atoms with E-state index in [1.165, 1.54) is 0 Å². The van der Waals surface area contributed by atoms with Gasteiger partial charge in [0.2, 0.25) is 0 Å². The lowest BCUT2D eigenvalue weighted by Gasteiger charge is -2.48. The summed E-state index contributed by atoms with van der Waals surface area (Å²) in [7, 11) is 1.62. The fourth-order valence-corrected chi connectivity index (χ4v) is 4.87. The summed E-state index contributed by atoms with van der Waals surface area (Å²) >= 11 is 0. The summed E-state index contributed by atoms with van der Waals surface area (Å²) in [5, 5.41) is 35.0. The van der Waals surface area contributed by atoms with Crippen molar-refractivity contribution in [1.29, 1.82) is 0 Å². The van der Waals surface area contributed by atoms with Gasteiger partial charge in [-0.3, -0.25) is 0 Å². The Morgan fingerprint density at radius 2 is 1.59 bits per heavy atom. The molecule has 32 heavy (non-hydrogen) atoms. The molecule has 0 amide bonds. The smallest absolute Gasteiger partial charge is 0.185 e. The molecule has 0 aromatic rings. The van der Waals surface area contributed by atoms with Crippen LogP contribution in [0, 0.1) is 0 Å². The van der Waals surface area contributed by atoms with Crippen molar-refractivity contribution in [2.45, 2.75) is 112 Å². The highest BCUT2D eigenvalue weighted by Crippen LogP contribution is 2.31. The van der Waals surface area contributed by atoms with Gasteiger partial charge in [-0.15, -0.1) is 0 Å². The maximum Gasteiger partial charge on any atom is 0.185 e. The Kier molecular flexibility index (Phi) is 8.51. The Morgan fingerprint density at radius 3 is 2.16 bits per heavy atom. The van der Waals surface area contributed by atoms with E-state index in [-0.39, 0.29) is 24.8 Å². The highest BCUT2D eigenvalue weighted by Gasteiger charge is 2.50. The Morgan fingerprint density at radius 1 is 1.00 bits per heavy atom. The van der Waals surface area contributed by atoms with Gasteiger partial charge in [-0.05, 0) is 40.2 Å². The SMILES string of the molecule is CNC1C(O)C(OC2C(N)CC(N)C(OC3OC([C@@H](C)N)CCC3N)C2O)OCC1(C)O. The molecular formula is C20H41N5O7. The number of rotatable bonds is 6. The van der Waals surface area contributed by atoms with Crippen molar-refractivity contribution in [2.24, 2.45) is 22.9 Å². The van der Waals surface area contributed by atoms with Gasteiger partial charge in [0.1, 0.15) is 30.0 Å². The molecule has 12 nitrogen and oxygen atoms in total. The molecule has 0 aromatic heterocycles. The number of nitrogens with two attached hydrogens (primary N) is 4. The Labute approximate surface area is 188 Å². The molecule has 3 fully saturated rings. The van der Waals surface area contributed by atoms with Crippen LogP contribution in [0.3, 0.4) is 0 Å². The first-order chi connectivity index (χ1) is 15.0. The van der Waals surface area contributed by atoms with Crippen molar-refractivity contribution in [3.05, 3.63) is 0 Å². The second kappa shape index (κ2) is 10.4. The second-order valence-electron chi connectivity index (χ2n) is 9.69. The molecule has 0 spiro atoms. The van der Waals surface area contributed by atoms with Crippen LogP contribution in [0.15, 0.2) is 0 Å². The van der Waals surface area contributed by atoms with Crippen molar-refractivity contribution >= 4 is 0 Å². The Hall–Kier alpha value is -0.480. The van der Waals surface area contributed by atoms with Gasteiger partial charge in [0.05, 0.1) is 24.8 Å². The fraction of sp³-hybridized carbons (Fsp3) is 1.00. The normalized spacial score (nSPS) is 51.4. The number of ether oxygens (including phenoxy) is 4. The minimum absolute atomic E-state index is 0.0683. The first-order valence-electron chi connectivity index (χ1n) is 11.3. The molecule has 2 saturated heterocycles. The van der Waals surface area contributed by atoms with Gasteiger partial charge >= 0.3 is 0 Å². The molecule has 1 aliphatic carbocycles. The van der Waals surface area contributed by atoms with E-state index in [2.05, 4.69) is 5.32 Å². The third kappa shape index (κ3) is 5.43. The van der Waals surface area contributed by atoms with E-state index in [0.717, 1.165) is 6.42 Å². The van der Waals surface area contributed by atoms with Crippen LogP contribution in [0.2, 0.25) is 0 Å². The first kappa shape index (κ1) is 26.1. The molecule has 3 aliphatic rings. The van der Waals surface area contributed by atoms with Gasteiger partial charge in [0.15, 0.2) is 12.6 Å². The zero-order valence-electron chi connectivity index (χ0n) is 19.0. The molecule has 0 radical (unpaired) electrons. The number of likely N-dealkylation sites (N-methyl/N-ethyl adjacent to an activating group) is 1. The Bertz CT molecular complexity index is 615. The molecule has 12 heteroatoms. The lowest BCUT2D eigenvalue weighted by Crippen LogP contribution is -2.68. The molecule has 3 rings (SSSR count). The molecule has 0 bridgehead atoms. The fourth-order valence-electron chi connectivity index (χ4n) is 4.87. The molecule has 12 unspecified atom stereocenters. The van der Waals surface area contributed by atoms with Crippen LogP contribution in [0.5, 0.6) is 0 Å². The molecule has 2 heterocycles. The molecule has 13 atom stereocenters. The third-order valence-corrected chi connectivity index (χ3v) is 6.81. The van der Waals surface area contributed by atoms with E-state index in [1.807, 2.05) is 6.92 Å². The second-order valence-corrected chi connectivity index (χ2v) is 9.69. The number of aliphatic hydroxyl groups excluding tert-OH is 2. The molecule has 188 valence electrons. The topological polar surface area (TPSA) is 214 Å². The van der Waals surface area contributed by atoms with E-state index in [1.54, 1.807) is 14.0 Å². The lowest BCUT2D eigenvalue weighted by atomic mass is 9.84. The minimum Gasteiger partial charge on any atom is -0.388 e. The molecule has 2 aliphatic heterocycles. The maximum atomic E-state index is 11.1. The molecule has 12 N–H and O–H groups in total. The van der Waals surface area contributed by atoms with E-state index in [9.17, 15) is 15.3 Å². The van der Waals surface area contributed by atoms with Gasteiger partial charge < -0.3 is 62.5 Å². The largest absolute Gasteiger partial charge is 0.388 e. The minimum atomic E-state index is -1.29. The van der Waals surface area contributed by atoms with E-state index >= 15 is 0 Å². The quantitative estimate of drug-likeness (QED) is 0.192. The van der Waals surface area contributed by atoms with Crippen LogP contribution in [0.4, 0.5) is 0 Å². The van der Waals surface area contributed by atoms with Crippen LogP contribution in [-0.2, 0) is 18.9 Å². The van der Waals surface area contributed by atoms with Crippen LogP contribution < -0.4 is 28.3 Å². The summed E-state index contributed by atoms with van der Waals surface area (Å²) in [6, 6.07) is -2.47. The third-order valence-electron chi connectivity index (χ3n) is 6.81. The average molecular weight is 464 g/mol. The Balaban J connectivity index is 1.69. The maximum absolute atomic E-state index is 11.1. The zero-order valence-corrected chi connectivity index (χ0v) is 19.0. The van der Waals surface area contributed by atoms with E-state index in [0.29, 0.717) is 12.8 Å². The van der Waals surface area contributed by atoms with Crippen molar-refractivity contribution in [1.82, 2.24) is 5.32 Å². The average Bonchev–Trinajstić information content (AvgIpc) is 2.71. The summed E-state index contributed by atoms with van der Waals surface area (Å²) in [5.74, 6) is 0. The molecule has 0 aromatic carbocycles. The monoisotopic (exact) mass is 463 g/mol. The highest BCUT2D eigenvalue weighted by molar-refractivity contribution is 5.02. The zero-order chi connectivity index (χ0) is 23.8. The summed E-state index contributed by atoms with van der Waals surface area (Å²) in [6.45, 7) is 3.34. The van der Waals surface area contributed by atoms with Crippen LogP contribution in [0.1, 0.15) is 33.1 Å². The van der Waals surface area contributed by atoms with Crippen molar-refractivity contribution < 1.29 is 34.3 Å². The van der Waals surface area contributed by atoms with Gasteiger partial charge in [0.25, 0.3) is 0 Å². The predicted octanol–water partition coefficient (Wildman–Crippen LogP) is -3.59. The van der Waals surface area contributed by atoms with Crippen LogP contribution >= 0.6 is 0 Å². The highest BCUT2D eigenvalue weighted by atomic mass is 16.7. The van der Waals surface area contributed by atoms with Gasteiger partial charge in [-0.2, -0.15) is 0 Å². The van der Waals surface area contributed by atoms with Gasteiger partial charge in [-0.1, -0.05) is 0 Å². The number of hydrogen-bond acceptors (Lipinski definition) is 12. The van der Waals surface area contributed by atoms with Crippen molar-refractivity contribution in [2.75, 3.05) is 13.7 Å². The van der Waals surface area contributed by atoms with Gasteiger partial charge in [-0.25, -0.2) is 0 Å². The van der Waals surface area contributed by atoms with E-state index in [4.69, 9.17) is 41.9 Å². The predicted molar refractivity (Wildman–Crippen MR) is 115 cm³/mol. The summed E-state index contributed by atoms with van der Waals surface area (Å²) in [5.41, 5.74) is 23.3. The van der Waals surface area contributed by atoms with E-state index < -0.39 is 60.7 Å².